The minimum absolute atomic E-state index is 0.734. The molecule has 17 heavy (non-hydrogen) atoms. The van der Waals surface area contributed by atoms with E-state index in [0.29, 0.717) is 0 Å². The zero-order chi connectivity index (χ0) is 12.8. The van der Waals surface area contributed by atoms with Crippen LogP contribution in [0.25, 0.3) is 0 Å². The molecule has 1 rings (SSSR count). The maximum absolute atomic E-state index is 6.22. The Kier molecular flexibility index (Phi) is 5.95. The van der Waals surface area contributed by atoms with E-state index in [0.717, 1.165) is 49.3 Å². The average Bonchev–Trinajstić information content (AvgIpc) is 2.54. The van der Waals surface area contributed by atoms with E-state index in [2.05, 4.69) is 16.9 Å². The van der Waals surface area contributed by atoms with Crippen LogP contribution in [-0.2, 0) is 18.3 Å². The molecule has 0 aliphatic carbocycles. The number of ether oxygens (including phenoxy) is 1. The number of hydrogen-bond acceptors (Lipinski definition) is 3. The van der Waals surface area contributed by atoms with E-state index in [-0.39, 0.29) is 0 Å². The van der Waals surface area contributed by atoms with Crippen LogP contribution in [0, 0.1) is 6.92 Å². The first kappa shape index (κ1) is 14.5. The molecule has 1 aromatic rings. The van der Waals surface area contributed by atoms with E-state index in [9.17, 15) is 0 Å². The first-order chi connectivity index (χ1) is 8.10. The van der Waals surface area contributed by atoms with Gasteiger partial charge in [0.25, 0.3) is 0 Å². The largest absolute Gasteiger partial charge is 0.380 e. The Morgan fingerprint density at radius 1 is 1.41 bits per heavy atom. The first-order valence-corrected chi connectivity index (χ1v) is 6.46. The number of aromatic nitrogens is 2. The Bertz CT molecular complexity index is 352. The Hall–Kier alpha value is -0.580. The Morgan fingerprint density at radius 3 is 2.59 bits per heavy atom. The second kappa shape index (κ2) is 6.99. The first-order valence-electron chi connectivity index (χ1n) is 6.08. The van der Waals surface area contributed by atoms with Crippen molar-refractivity contribution in [2.24, 2.45) is 7.05 Å². The number of rotatable bonds is 7. The van der Waals surface area contributed by atoms with Crippen LogP contribution >= 0.6 is 11.6 Å². The van der Waals surface area contributed by atoms with Gasteiger partial charge in [-0.2, -0.15) is 5.10 Å². The van der Waals surface area contributed by atoms with Crippen molar-refractivity contribution in [3.63, 3.8) is 0 Å². The molecule has 5 heteroatoms. The van der Waals surface area contributed by atoms with Gasteiger partial charge in [-0.15, -0.1) is 0 Å². The highest BCUT2D eigenvalue weighted by Crippen LogP contribution is 2.20. The van der Waals surface area contributed by atoms with Gasteiger partial charge in [-0.25, -0.2) is 0 Å². The van der Waals surface area contributed by atoms with E-state index in [1.54, 1.807) is 4.68 Å². The summed E-state index contributed by atoms with van der Waals surface area (Å²) in [7, 11) is 1.87. The van der Waals surface area contributed by atoms with Gasteiger partial charge in [0.2, 0.25) is 0 Å². The minimum atomic E-state index is 0.734. The van der Waals surface area contributed by atoms with Crippen LogP contribution in [0.4, 0.5) is 0 Å². The summed E-state index contributed by atoms with van der Waals surface area (Å²) in [5, 5.41) is 5.05. The number of halogens is 1. The molecule has 0 aliphatic rings. The Labute approximate surface area is 108 Å². The maximum Gasteiger partial charge on any atom is 0.131 e. The zero-order valence-corrected chi connectivity index (χ0v) is 11.9. The quantitative estimate of drug-likeness (QED) is 0.704. The molecule has 0 aliphatic heterocycles. The molecule has 0 spiro atoms. The highest BCUT2D eigenvalue weighted by atomic mass is 35.5. The molecule has 0 radical (unpaired) electrons. The number of nitrogens with zero attached hydrogens (tertiary/aromatic N) is 3. The van der Waals surface area contributed by atoms with Gasteiger partial charge in [0.15, 0.2) is 0 Å². The fourth-order valence-corrected chi connectivity index (χ4v) is 2.00. The third kappa shape index (κ3) is 3.98. The summed E-state index contributed by atoms with van der Waals surface area (Å²) >= 11 is 6.22. The van der Waals surface area contributed by atoms with Crippen LogP contribution in [0.15, 0.2) is 0 Å². The molecule has 0 bridgehead atoms. The average molecular weight is 260 g/mol. The normalized spacial score (nSPS) is 11.4. The predicted octanol–water partition coefficient (Wildman–Crippen LogP) is 2.24. The summed E-state index contributed by atoms with van der Waals surface area (Å²) in [6, 6.07) is 0. The highest BCUT2D eigenvalue weighted by Gasteiger charge is 2.14. The third-order valence-corrected chi connectivity index (χ3v) is 3.33. The van der Waals surface area contributed by atoms with Crippen molar-refractivity contribution in [3.05, 3.63) is 16.4 Å². The van der Waals surface area contributed by atoms with Crippen molar-refractivity contribution < 1.29 is 4.74 Å². The summed E-state index contributed by atoms with van der Waals surface area (Å²) < 4.78 is 7.10. The molecule has 0 saturated carbocycles. The lowest BCUT2D eigenvalue weighted by Gasteiger charge is -2.20. The minimum Gasteiger partial charge on any atom is -0.380 e. The van der Waals surface area contributed by atoms with Crippen LogP contribution in [0.2, 0.25) is 5.15 Å². The molecule has 1 aromatic heterocycles. The van der Waals surface area contributed by atoms with Crippen LogP contribution in [0.5, 0.6) is 0 Å². The Balaban J connectivity index is 2.60. The van der Waals surface area contributed by atoms with Gasteiger partial charge in [0.05, 0.1) is 12.3 Å². The topological polar surface area (TPSA) is 30.3 Å². The molecule has 1 heterocycles. The number of likely N-dealkylation sites (N-methyl/N-ethyl adjacent to an activating group) is 1. The van der Waals surface area contributed by atoms with Crippen LogP contribution in [0.1, 0.15) is 25.1 Å². The summed E-state index contributed by atoms with van der Waals surface area (Å²) in [6.45, 7) is 10.4. The fourth-order valence-electron chi connectivity index (χ4n) is 1.76. The van der Waals surface area contributed by atoms with Gasteiger partial charge in [0.1, 0.15) is 5.15 Å². The lowest BCUT2D eigenvalue weighted by molar-refractivity contribution is 0.113. The zero-order valence-electron chi connectivity index (χ0n) is 11.2. The second-order valence-electron chi connectivity index (χ2n) is 4.04. The molecule has 4 nitrogen and oxygen atoms in total. The molecule has 0 aromatic carbocycles. The van der Waals surface area contributed by atoms with E-state index in [1.807, 2.05) is 20.9 Å². The van der Waals surface area contributed by atoms with Gasteiger partial charge < -0.3 is 4.74 Å². The van der Waals surface area contributed by atoms with Crippen molar-refractivity contribution in [2.75, 3.05) is 26.3 Å². The third-order valence-electron chi connectivity index (χ3n) is 2.85. The predicted molar refractivity (Wildman–Crippen MR) is 70.4 cm³/mol. The molecular weight excluding hydrogens is 238 g/mol. The molecule has 0 atom stereocenters. The molecule has 0 fully saturated rings. The van der Waals surface area contributed by atoms with Crippen molar-refractivity contribution in [3.8, 4) is 0 Å². The van der Waals surface area contributed by atoms with E-state index < -0.39 is 0 Å². The SMILES string of the molecule is CCOCCN(CC)Cc1c(C)nn(C)c1Cl. The molecule has 0 amide bonds. The van der Waals surface area contributed by atoms with Crippen molar-refractivity contribution in [1.82, 2.24) is 14.7 Å². The van der Waals surface area contributed by atoms with Crippen molar-refractivity contribution >= 4 is 11.6 Å². The lowest BCUT2D eigenvalue weighted by Crippen LogP contribution is -2.27. The van der Waals surface area contributed by atoms with Gasteiger partial charge in [-0.3, -0.25) is 9.58 Å². The molecule has 98 valence electrons. The second-order valence-corrected chi connectivity index (χ2v) is 4.40. The molecule has 0 unspecified atom stereocenters. The van der Waals surface area contributed by atoms with Gasteiger partial charge >= 0.3 is 0 Å². The number of hydrogen-bond donors (Lipinski definition) is 0. The van der Waals surface area contributed by atoms with Crippen LogP contribution in [0.3, 0.4) is 0 Å². The smallest absolute Gasteiger partial charge is 0.131 e. The molecular formula is C12H22ClN3O. The number of aryl methyl sites for hydroxylation is 2. The maximum atomic E-state index is 6.22. The summed E-state index contributed by atoms with van der Waals surface area (Å²) in [6.07, 6.45) is 0. The van der Waals surface area contributed by atoms with Crippen molar-refractivity contribution in [2.45, 2.75) is 27.3 Å². The summed E-state index contributed by atoms with van der Waals surface area (Å²) in [5.74, 6) is 0. The van der Waals surface area contributed by atoms with Gasteiger partial charge in [0, 0.05) is 32.3 Å². The fraction of sp³-hybridized carbons (Fsp3) is 0.750. The van der Waals surface area contributed by atoms with Crippen molar-refractivity contribution in [1.29, 1.82) is 0 Å². The van der Waals surface area contributed by atoms with Crippen LogP contribution in [-0.4, -0.2) is 41.0 Å². The monoisotopic (exact) mass is 259 g/mol. The van der Waals surface area contributed by atoms with Gasteiger partial charge in [-0.1, -0.05) is 18.5 Å². The summed E-state index contributed by atoms with van der Waals surface area (Å²) in [4.78, 5) is 2.31. The van der Waals surface area contributed by atoms with E-state index >= 15 is 0 Å². The molecule has 0 saturated heterocycles. The Morgan fingerprint density at radius 2 is 2.12 bits per heavy atom. The summed E-state index contributed by atoms with van der Waals surface area (Å²) in [5.41, 5.74) is 2.12. The van der Waals surface area contributed by atoms with E-state index in [4.69, 9.17) is 16.3 Å². The van der Waals surface area contributed by atoms with Gasteiger partial charge in [-0.05, 0) is 20.4 Å². The van der Waals surface area contributed by atoms with E-state index in [1.165, 1.54) is 0 Å². The molecule has 0 N–H and O–H groups in total. The standard InChI is InChI=1S/C12H22ClN3O/c1-5-16(7-8-17-6-2)9-11-10(3)14-15(4)12(11)13/h5-9H2,1-4H3. The highest BCUT2D eigenvalue weighted by molar-refractivity contribution is 6.30. The van der Waals surface area contributed by atoms with Crippen LogP contribution < -0.4 is 0 Å². The lowest BCUT2D eigenvalue weighted by atomic mass is 10.2.